The molecular weight excluding hydrogens is 341 g/mol. The van der Waals surface area contributed by atoms with Gasteiger partial charge in [0.15, 0.2) is 0 Å². The summed E-state index contributed by atoms with van der Waals surface area (Å²) in [6, 6.07) is 10.3. The first-order valence-electron chi connectivity index (χ1n) is 6.97. The van der Waals surface area contributed by atoms with E-state index in [0.29, 0.717) is 11.6 Å². The quantitative estimate of drug-likeness (QED) is 0.798. The monoisotopic (exact) mass is 355 g/mol. The van der Waals surface area contributed by atoms with E-state index < -0.39 is 10.0 Å². The van der Waals surface area contributed by atoms with Gasteiger partial charge >= 0.3 is 0 Å². The summed E-state index contributed by atoms with van der Waals surface area (Å²) in [7, 11) is -3.72. The SMILES string of the molecule is Cc1ccc2c(c1)CCCN2S(=O)(=O)c1cc(Cl)ccc1Cl. The molecule has 1 aliphatic heterocycles. The van der Waals surface area contributed by atoms with Crippen molar-refractivity contribution in [1.82, 2.24) is 0 Å². The average Bonchev–Trinajstić information content (AvgIpc) is 2.48. The van der Waals surface area contributed by atoms with Crippen LogP contribution in [0, 0.1) is 6.92 Å². The number of halogens is 2. The first kappa shape index (κ1) is 15.7. The molecule has 0 N–H and O–H groups in total. The van der Waals surface area contributed by atoms with Crippen molar-refractivity contribution < 1.29 is 8.42 Å². The van der Waals surface area contributed by atoms with Gasteiger partial charge in [-0.25, -0.2) is 8.42 Å². The second-order valence-electron chi connectivity index (χ2n) is 5.39. The van der Waals surface area contributed by atoms with Crippen LogP contribution in [0.2, 0.25) is 10.0 Å². The van der Waals surface area contributed by atoms with Gasteiger partial charge in [0.05, 0.1) is 10.7 Å². The maximum atomic E-state index is 13.0. The van der Waals surface area contributed by atoms with Crippen LogP contribution in [0.25, 0.3) is 0 Å². The van der Waals surface area contributed by atoms with Crippen molar-refractivity contribution in [3.63, 3.8) is 0 Å². The lowest BCUT2D eigenvalue weighted by Gasteiger charge is -2.31. The number of nitrogens with zero attached hydrogens (tertiary/aromatic N) is 1. The number of rotatable bonds is 2. The Bertz CT molecular complexity index is 834. The van der Waals surface area contributed by atoms with Crippen molar-refractivity contribution in [2.45, 2.75) is 24.7 Å². The van der Waals surface area contributed by atoms with Crippen LogP contribution in [0.1, 0.15) is 17.5 Å². The normalized spacial score (nSPS) is 14.8. The van der Waals surface area contributed by atoms with E-state index in [1.165, 1.54) is 16.4 Å². The van der Waals surface area contributed by atoms with Crippen LogP contribution in [0.4, 0.5) is 5.69 Å². The molecule has 0 bridgehead atoms. The van der Waals surface area contributed by atoms with E-state index in [0.717, 1.165) is 29.7 Å². The summed E-state index contributed by atoms with van der Waals surface area (Å²) in [5.74, 6) is 0. The molecule has 0 saturated heterocycles. The third-order valence-corrected chi connectivity index (χ3v) is 6.30. The highest BCUT2D eigenvalue weighted by Gasteiger charge is 2.30. The molecule has 3 nitrogen and oxygen atoms in total. The Morgan fingerprint density at radius 1 is 1.09 bits per heavy atom. The van der Waals surface area contributed by atoms with Crippen molar-refractivity contribution in [1.29, 1.82) is 0 Å². The van der Waals surface area contributed by atoms with Gasteiger partial charge in [-0.1, -0.05) is 40.9 Å². The van der Waals surface area contributed by atoms with Crippen LogP contribution in [0.5, 0.6) is 0 Å². The fraction of sp³-hybridized carbons (Fsp3) is 0.250. The Balaban J connectivity index is 2.14. The zero-order valence-electron chi connectivity index (χ0n) is 12.0. The zero-order valence-corrected chi connectivity index (χ0v) is 14.3. The van der Waals surface area contributed by atoms with Crippen molar-refractivity contribution in [3.05, 3.63) is 57.6 Å². The lowest BCUT2D eigenvalue weighted by Crippen LogP contribution is -2.35. The van der Waals surface area contributed by atoms with E-state index >= 15 is 0 Å². The molecule has 2 aromatic carbocycles. The summed E-state index contributed by atoms with van der Waals surface area (Å²) in [5, 5.41) is 0.535. The molecule has 0 spiro atoms. The van der Waals surface area contributed by atoms with Crippen molar-refractivity contribution >= 4 is 38.9 Å². The molecule has 0 amide bonds. The minimum Gasteiger partial charge on any atom is -0.266 e. The maximum absolute atomic E-state index is 13.0. The third-order valence-electron chi connectivity index (χ3n) is 3.77. The molecular formula is C16H15Cl2NO2S. The topological polar surface area (TPSA) is 37.4 Å². The molecule has 0 atom stereocenters. The lowest BCUT2D eigenvalue weighted by atomic mass is 10.0. The van der Waals surface area contributed by atoms with Gasteiger partial charge < -0.3 is 0 Å². The number of fused-ring (bicyclic) bond motifs is 1. The molecule has 116 valence electrons. The lowest BCUT2D eigenvalue weighted by molar-refractivity contribution is 0.586. The van der Waals surface area contributed by atoms with Crippen molar-refractivity contribution in [2.24, 2.45) is 0 Å². The molecule has 22 heavy (non-hydrogen) atoms. The summed E-state index contributed by atoms with van der Waals surface area (Å²) >= 11 is 12.0. The first-order chi connectivity index (χ1) is 10.4. The molecule has 6 heteroatoms. The molecule has 0 aliphatic carbocycles. The van der Waals surface area contributed by atoms with Crippen LogP contribution in [0.3, 0.4) is 0 Å². The smallest absolute Gasteiger partial charge is 0.265 e. The minimum atomic E-state index is -3.72. The molecule has 3 rings (SSSR count). The van der Waals surface area contributed by atoms with Crippen molar-refractivity contribution in [3.8, 4) is 0 Å². The van der Waals surface area contributed by atoms with Gasteiger partial charge in [0.25, 0.3) is 10.0 Å². The summed E-state index contributed by atoms with van der Waals surface area (Å²) < 4.78 is 27.4. The van der Waals surface area contributed by atoms with Gasteiger partial charge in [0.2, 0.25) is 0 Å². The molecule has 0 radical (unpaired) electrons. The average molecular weight is 356 g/mol. The Morgan fingerprint density at radius 3 is 2.64 bits per heavy atom. The molecule has 1 aliphatic rings. The first-order valence-corrected chi connectivity index (χ1v) is 9.16. The van der Waals surface area contributed by atoms with Gasteiger partial charge in [-0.05, 0) is 49.6 Å². The molecule has 0 fully saturated rings. The van der Waals surface area contributed by atoms with Crippen LogP contribution in [-0.4, -0.2) is 15.0 Å². The fourth-order valence-corrected chi connectivity index (χ4v) is 5.02. The standard InChI is InChI=1S/C16H15Cl2NO2S/c1-11-4-7-15-12(9-11)3-2-8-19(15)22(20,21)16-10-13(17)5-6-14(16)18/h4-7,9-10H,2-3,8H2,1H3. The molecule has 0 saturated carbocycles. The van der Waals surface area contributed by atoms with Crippen LogP contribution < -0.4 is 4.31 Å². The summed E-state index contributed by atoms with van der Waals surface area (Å²) in [5.41, 5.74) is 2.90. The van der Waals surface area contributed by atoms with E-state index in [-0.39, 0.29) is 9.92 Å². The predicted molar refractivity (Wildman–Crippen MR) is 90.5 cm³/mol. The number of anilines is 1. The van der Waals surface area contributed by atoms with Gasteiger partial charge in [0.1, 0.15) is 4.90 Å². The second-order valence-corrected chi connectivity index (χ2v) is 8.06. The molecule has 0 aromatic heterocycles. The van der Waals surface area contributed by atoms with E-state index in [4.69, 9.17) is 23.2 Å². The molecule has 1 heterocycles. The zero-order chi connectivity index (χ0) is 15.9. The highest BCUT2D eigenvalue weighted by atomic mass is 35.5. The maximum Gasteiger partial charge on any atom is 0.265 e. The third kappa shape index (κ3) is 2.71. The summed E-state index contributed by atoms with van der Waals surface area (Å²) in [4.78, 5) is 0.0510. The van der Waals surface area contributed by atoms with Gasteiger partial charge in [-0.3, -0.25) is 4.31 Å². The Kier molecular flexibility index (Phi) is 4.10. The Hall–Kier alpha value is -1.23. The highest BCUT2D eigenvalue weighted by Crippen LogP contribution is 2.35. The van der Waals surface area contributed by atoms with Crippen LogP contribution in [0.15, 0.2) is 41.3 Å². The summed E-state index contributed by atoms with van der Waals surface area (Å²) in [6.07, 6.45) is 1.67. The second kappa shape index (κ2) is 5.76. The van der Waals surface area contributed by atoms with E-state index in [1.807, 2.05) is 25.1 Å². The molecule has 0 unspecified atom stereocenters. The van der Waals surface area contributed by atoms with E-state index in [9.17, 15) is 8.42 Å². The minimum absolute atomic E-state index is 0.0510. The van der Waals surface area contributed by atoms with Crippen molar-refractivity contribution in [2.75, 3.05) is 10.8 Å². The Labute approximate surface area is 140 Å². The van der Waals surface area contributed by atoms with Crippen LogP contribution >= 0.6 is 23.2 Å². The summed E-state index contributed by atoms with van der Waals surface area (Å²) in [6.45, 7) is 2.45. The van der Waals surface area contributed by atoms with Gasteiger partial charge in [-0.15, -0.1) is 0 Å². The van der Waals surface area contributed by atoms with E-state index in [2.05, 4.69) is 0 Å². The number of benzene rings is 2. The Morgan fingerprint density at radius 2 is 1.86 bits per heavy atom. The predicted octanol–water partition coefficient (Wildman–Crippen LogP) is 4.44. The number of hydrogen-bond acceptors (Lipinski definition) is 2. The van der Waals surface area contributed by atoms with Gasteiger partial charge in [-0.2, -0.15) is 0 Å². The number of hydrogen-bond donors (Lipinski definition) is 0. The fourth-order valence-electron chi connectivity index (χ4n) is 2.73. The van der Waals surface area contributed by atoms with Gasteiger partial charge in [0, 0.05) is 11.6 Å². The van der Waals surface area contributed by atoms with Crippen LogP contribution in [-0.2, 0) is 16.4 Å². The highest BCUT2D eigenvalue weighted by molar-refractivity contribution is 7.93. The van der Waals surface area contributed by atoms with E-state index in [1.54, 1.807) is 6.07 Å². The molecule has 2 aromatic rings. The largest absolute Gasteiger partial charge is 0.266 e. The number of aryl methyl sites for hydroxylation is 2. The number of sulfonamides is 1.